The van der Waals surface area contributed by atoms with Gasteiger partial charge in [0.2, 0.25) is 0 Å². The number of halogens is 3. The summed E-state index contributed by atoms with van der Waals surface area (Å²) in [6.07, 6.45) is -2.41. The Morgan fingerprint density at radius 1 is 1.29 bits per heavy atom. The molecule has 0 atom stereocenters. The van der Waals surface area contributed by atoms with Crippen LogP contribution >= 0.6 is 0 Å². The van der Waals surface area contributed by atoms with Crippen molar-refractivity contribution in [2.45, 2.75) is 39.0 Å². The highest BCUT2D eigenvalue weighted by molar-refractivity contribution is 5.97. The van der Waals surface area contributed by atoms with Crippen molar-refractivity contribution in [1.29, 1.82) is 0 Å². The van der Waals surface area contributed by atoms with Crippen molar-refractivity contribution in [3.8, 4) is 0 Å². The van der Waals surface area contributed by atoms with Gasteiger partial charge in [0, 0.05) is 26.4 Å². The number of hydrogen-bond acceptors (Lipinski definition) is 8. The minimum Gasteiger partial charge on any atom is -0.454 e. The number of aromatic nitrogens is 4. The molecule has 0 fully saturated rings. The van der Waals surface area contributed by atoms with Crippen molar-refractivity contribution in [3.63, 3.8) is 0 Å². The van der Waals surface area contributed by atoms with Gasteiger partial charge >= 0.3 is 17.8 Å². The molecule has 2 aromatic rings. The number of nitrogens with two attached hydrogens (primary N) is 1. The van der Waals surface area contributed by atoms with Crippen LogP contribution in [0.5, 0.6) is 0 Å². The third kappa shape index (κ3) is 6.69. The van der Waals surface area contributed by atoms with Crippen LogP contribution in [0.4, 0.5) is 24.7 Å². The normalized spacial score (nSPS) is 11.4. The van der Waals surface area contributed by atoms with Gasteiger partial charge in [-0.2, -0.15) is 18.3 Å². The minimum atomic E-state index is -4.67. The maximum Gasteiger partial charge on any atom is 0.435 e. The van der Waals surface area contributed by atoms with Crippen LogP contribution in [0.3, 0.4) is 0 Å². The average molecular weight is 490 g/mol. The predicted octanol–water partition coefficient (Wildman–Crippen LogP) is 0.357. The van der Waals surface area contributed by atoms with Crippen LogP contribution in [0.1, 0.15) is 25.5 Å². The molecule has 34 heavy (non-hydrogen) atoms. The second-order valence-corrected chi connectivity index (χ2v) is 7.09. The lowest BCUT2D eigenvalue weighted by Gasteiger charge is -2.24. The molecule has 0 aliphatic heterocycles. The largest absolute Gasteiger partial charge is 0.454 e. The molecule has 0 saturated carbocycles. The zero-order valence-electron chi connectivity index (χ0n) is 18.6. The van der Waals surface area contributed by atoms with E-state index in [2.05, 4.69) is 10.1 Å². The number of anilines is 2. The van der Waals surface area contributed by atoms with Crippen LogP contribution < -0.4 is 21.9 Å². The zero-order chi connectivity index (χ0) is 25.5. The molecule has 2 aromatic heterocycles. The summed E-state index contributed by atoms with van der Waals surface area (Å²) >= 11 is 0. The van der Waals surface area contributed by atoms with Gasteiger partial charge in [0.05, 0.1) is 6.61 Å². The first-order valence-electron chi connectivity index (χ1n) is 10.2. The molecule has 1 amide bonds. The molecule has 2 heterocycles. The van der Waals surface area contributed by atoms with Crippen LogP contribution in [0.15, 0.2) is 21.9 Å². The highest BCUT2D eigenvalue weighted by Gasteiger charge is 2.33. The van der Waals surface area contributed by atoms with Crippen molar-refractivity contribution in [3.05, 3.63) is 38.8 Å². The molecule has 0 aliphatic rings. The summed E-state index contributed by atoms with van der Waals surface area (Å²) in [5.41, 5.74) is 2.89. The van der Waals surface area contributed by atoms with Crippen LogP contribution in [-0.2, 0) is 38.3 Å². The van der Waals surface area contributed by atoms with Crippen LogP contribution in [0.25, 0.3) is 0 Å². The lowest BCUT2D eigenvalue weighted by molar-refractivity contribution is -0.149. The van der Waals surface area contributed by atoms with E-state index in [4.69, 9.17) is 15.2 Å². The summed E-state index contributed by atoms with van der Waals surface area (Å²) in [6.45, 7) is 0.412. The third-order valence-corrected chi connectivity index (χ3v) is 4.62. The molecule has 188 valence electrons. The van der Waals surface area contributed by atoms with E-state index >= 15 is 0 Å². The average Bonchev–Trinajstić information content (AvgIpc) is 3.23. The van der Waals surface area contributed by atoms with Crippen molar-refractivity contribution in [2.24, 2.45) is 0 Å². The second kappa shape index (κ2) is 11.5. The number of aromatic amines is 1. The van der Waals surface area contributed by atoms with Gasteiger partial charge in [-0.3, -0.25) is 33.5 Å². The molecule has 0 radical (unpaired) electrons. The van der Waals surface area contributed by atoms with E-state index in [1.165, 1.54) is 7.11 Å². The number of hydrogen-bond donors (Lipinski definition) is 2. The first-order chi connectivity index (χ1) is 16.0. The molecule has 0 aliphatic carbocycles. The van der Waals surface area contributed by atoms with E-state index in [1.807, 2.05) is 6.92 Å². The number of rotatable bonds is 11. The number of H-pyrrole nitrogens is 1. The Balaban J connectivity index is 2.18. The summed E-state index contributed by atoms with van der Waals surface area (Å²) < 4.78 is 49.5. The number of alkyl halides is 3. The Kier molecular flexibility index (Phi) is 9.00. The Labute approximate surface area is 191 Å². The highest BCUT2D eigenvalue weighted by Crippen LogP contribution is 2.27. The van der Waals surface area contributed by atoms with Crippen LogP contribution in [0, 0.1) is 0 Å². The molecule has 0 aromatic carbocycles. The van der Waals surface area contributed by atoms with Gasteiger partial charge in [-0.05, 0) is 12.5 Å². The zero-order valence-corrected chi connectivity index (χ0v) is 18.6. The SMILES string of the molecule is CCCCn1c(N)c(N(CCOC)C(=O)COC(=O)Cn2ccc(C(F)(F)F)n2)c(=O)[nH]c1=O. The topological polar surface area (TPSA) is 155 Å². The smallest absolute Gasteiger partial charge is 0.435 e. The van der Waals surface area contributed by atoms with Gasteiger partial charge < -0.3 is 15.2 Å². The fraction of sp³-hybridized carbons (Fsp3) is 0.526. The van der Waals surface area contributed by atoms with Gasteiger partial charge in [-0.15, -0.1) is 0 Å². The van der Waals surface area contributed by atoms with Gasteiger partial charge in [0.25, 0.3) is 11.5 Å². The van der Waals surface area contributed by atoms with E-state index in [-0.39, 0.29) is 31.2 Å². The Morgan fingerprint density at radius 2 is 2.00 bits per heavy atom. The third-order valence-electron chi connectivity index (χ3n) is 4.62. The molecular weight excluding hydrogens is 465 g/mol. The standard InChI is InChI=1S/C19H25F3N6O6/c1-3-4-6-28-16(23)15(17(31)24-18(28)32)27(8-9-33-2)13(29)11-34-14(30)10-26-7-5-12(25-26)19(20,21)22/h5,7H,3-4,6,8-11,23H2,1-2H3,(H,24,31,32). The second-order valence-electron chi connectivity index (χ2n) is 7.09. The molecule has 12 nitrogen and oxygen atoms in total. The van der Waals surface area contributed by atoms with Crippen LogP contribution in [0.2, 0.25) is 0 Å². The molecule has 3 N–H and O–H groups in total. The number of carbonyl (C=O) groups is 2. The lowest BCUT2D eigenvalue weighted by atomic mass is 10.3. The Morgan fingerprint density at radius 3 is 2.59 bits per heavy atom. The number of nitrogens with zero attached hydrogens (tertiary/aromatic N) is 4. The minimum absolute atomic E-state index is 0.0137. The van der Waals surface area contributed by atoms with Crippen molar-refractivity contribution in [1.82, 2.24) is 19.3 Å². The predicted molar refractivity (Wildman–Crippen MR) is 113 cm³/mol. The summed E-state index contributed by atoms with van der Waals surface area (Å²) in [7, 11) is 1.36. The molecule has 2 rings (SSSR count). The molecule has 0 unspecified atom stereocenters. The number of carbonyl (C=O) groups excluding carboxylic acids is 2. The van der Waals surface area contributed by atoms with E-state index in [9.17, 15) is 32.3 Å². The summed E-state index contributed by atoms with van der Waals surface area (Å²) in [6, 6.07) is 0.688. The summed E-state index contributed by atoms with van der Waals surface area (Å²) in [4.78, 5) is 52.4. The number of methoxy groups -OCH3 is 1. The number of ether oxygens (including phenoxy) is 2. The molecular formula is C19H25F3N6O6. The summed E-state index contributed by atoms with van der Waals surface area (Å²) in [5.74, 6) is -2.14. The lowest BCUT2D eigenvalue weighted by Crippen LogP contribution is -2.44. The number of esters is 1. The molecule has 0 saturated heterocycles. The van der Waals surface area contributed by atoms with E-state index in [0.717, 1.165) is 22.1 Å². The number of unbranched alkanes of at least 4 members (excludes halogenated alkanes) is 1. The fourth-order valence-corrected chi connectivity index (χ4v) is 2.92. The van der Waals surface area contributed by atoms with Crippen molar-refractivity contribution >= 4 is 23.4 Å². The maximum absolute atomic E-state index is 12.8. The summed E-state index contributed by atoms with van der Waals surface area (Å²) in [5, 5.41) is 3.22. The van der Waals surface area contributed by atoms with Gasteiger partial charge in [-0.1, -0.05) is 13.3 Å². The molecule has 15 heteroatoms. The maximum atomic E-state index is 12.8. The quantitative estimate of drug-likeness (QED) is 0.428. The fourth-order valence-electron chi connectivity index (χ4n) is 2.92. The van der Waals surface area contributed by atoms with E-state index in [0.29, 0.717) is 17.2 Å². The van der Waals surface area contributed by atoms with E-state index in [1.54, 1.807) is 0 Å². The van der Waals surface area contributed by atoms with Gasteiger partial charge in [-0.25, -0.2) is 4.79 Å². The number of nitrogen functional groups attached to an aromatic ring is 1. The first kappa shape index (κ1) is 26.6. The van der Waals surface area contributed by atoms with Crippen LogP contribution in [-0.4, -0.2) is 58.1 Å². The molecule has 0 bridgehead atoms. The monoisotopic (exact) mass is 490 g/mol. The van der Waals surface area contributed by atoms with Gasteiger partial charge in [0.15, 0.2) is 18.0 Å². The number of amides is 1. The first-order valence-corrected chi connectivity index (χ1v) is 10.2. The van der Waals surface area contributed by atoms with Crippen molar-refractivity contribution in [2.75, 3.05) is 37.5 Å². The number of nitrogens with one attached hydrogen (secondary N) is 1. The highest BCUT2D eigenvalue weighted by atomic mass is 19.4. The molecule has 0 spiro atoms. The Bertz CT molecular complexity index is 1120. The van der Waals surface area contributed by atoms with Gasteiger partial charge in [0.1, 0.15) is 12.4 Å². The van der Waals surface area contributed by atoms with Crippen molar-refractivity contribution < 1.29 is 32.2 Å². The Hall–Kier alpha value is -3.62. The van der Waals surface area contributed by atoms with E-state index < -0.39 is 48.1 Å².